The van der Waals surface area contributed by atoms with Gasteiger partial charge in [-0.15, -0.1) is 0 Å². The normalized spacial score (nSPS) is 27.4. The quantitative estimate of drug-likeness (QED) is 0.817. The minimum absolute atomic E-state index is 0.182. The molecule has 3 atom stereocenters. The third-order valence-electron chi connectivity index (χ3n) is 6.94. The Kier molecular flexibility index (Phi) is 4.75. The van der Waals surface area contributed by atoms with Crippen molar-refractivity contribution in [3.05, 3.63) is 54.5 Å². The minimum Gasteiger partial charge on any atom is -0.355 e. The molecule has 2 aliphatic heterocycles. The van der Waals surface area contributed by atoms with Gasteiger partial charge in [0.25, 0.3) is 0 Å². The van der Waals surface area contributed by atoms with Gasteiger partial charge < -0.3 is 9.80 Å². The van der Waals surface area contributed by atoms with Crippen LogP contribution in [0.15, 0.2) is 48.9 Å². The highest BCUT2D eigenvalue weighted by Crippen LogP contribution is 2.46. The Balaban J connectivity index is 1.38. The van der Waals surface area contributed by atoms with Crippen LogP contribution in [0.25, 0.3) is 0 Å². The third kappa shape index (κ3) is 3.27. The number of fused-ring (bicyclic) bond motifs is 1. The first-order valence-corrected chi connectivity index (χ1v) is 10.6. The van der Waals surface area contributed by atoms with Gasteiger partial charge in [-0.05, 0) is 24.3 Å². The van der Waals surface area contributed by atoms with Crippen molar-refractivity contribution >= 4 is 11.7 Å². The average Bonchev–Trinajstić information content (AvgIpc) is 3.45. The lowest BCUT2D eigenvalue weighted by molar-refractivity contribution is -0.133. The molecule has 146 valence electrons. The number of nitrogens with zero attached hydrogens (tertiary/aromatic N) is 4. The third-order valence-corrected chi connectivity index (χ3v) is 6.94. The zero-order valence-corrected chi connectivity index (χ0v) is 16.3. The number of aromatic nitrogens is 2. The first kappa shape index (κ1) is 17.7. The van der Waals surface area contributed by atoms with Crippen LogP contribution in [0.3, 0.4) is 0 Å². The van der Waals surface area contributed by atoms with Gasteiger partial charge in [0.05, 0.1) is 12.2 Å². The molecule has 5 nitrogen and oxygen atoms in total. The molecule has 3 fully saturated rings. The molecule has 0 radical (unpaired) electrons. The highest BCUT2D eigenvalue weighted by atomic mass is 16.2. The van der Waals surface area contributed by atoms with E-state index in [1.165, 1.54) is 31.2 Å². The Morgan fingerprint density at radius 1 is 1.04 bits per heavy atom. The van der Waals surface area contributed by atoms with Gasteiger partial charge in [-0.3, -0.25) is 9.78 Å². The molecule has 1 saturated carbocycles. The molecule has 3 aliphatic rings. The summed E-state index contributed by atoms with van der Waals surface area (Å²) in [6.07, 6.45) is 11.1. The van der Waals surface area contributed by atoms with Gasteiger partial charge in [-0.25, -0.2) is 4.98 Å². The lowest BCUT2D eigenvalue weighted by Crippen LogP contribution is -2.36. The van der Waals surface area contributed by atoms with E-state index in [4.69, 9.17) is 0 Å². The van der Waals surface area contributed by atoms with Gasteiger partial charge in [0.1, 0.15) is 5.82 Å². The highest BCUT2D eigenvalue weighted by molar-refractivity contribution is 5.77. The van der Waals surface area contributed by atoms with E-state index in [0.29, 0.717) is 23.7 Å². The number of anilines is 1. The molecule has 1 aromatic carbocycles. The van der Waals surface area contributed by atoms with Crippen molar-refractivity contribution in [1.82, 2.24) is 14.9 Å². The molecule has 0 unspecified atom stereocenters. The van der Waals surface area contributed by atoms with E-state index < -0.39 is 0 Å². The number of likely N-dealkylation sites (tertiary alicyclic amines) is 1. The van der Waals surface area contributed by atoms with Crippen LogP contribution in [-0.2, 0) is 4.79 Å². The van der Waals surface area contributed by atoms with Gasteiger partial charge in [-0.1, -0.05) is 43.2 Å². The van der Waals surface area contributed by atoms with Crippen molar-refractivity contribution in [2.75, 3.05) is 24.5 Å². The zero-order valence-electron chi connectivity index (χ0n) is 16.3. The largest absolute Gasteiger partial charge is 0.355 e. The van der Waals surface area contributed by atoms with Gasteiger partial charge in [-0.2, -0.15) is 0 Å². The number of amides is 1. The topological polar surface area (TPSA) is 49.3 Å². The first-order chi connectivity index (χ1) is 13.8. The Morgan fingerprint density at radius 2 is 1.86 bits per heavy atom. The summed E-state index contributed by atoms with van der Waals surface area (Å²) < 4.78 is 0. The smallest absolute Gasteiger partial charge is 0.223 e. The second-order valence-corrected chi connectivity index (χ2v) is 8.65. The molecular weight excluding hydrogens is 348 g/mol. The molecule has 3 heterocycles. The lowest BCUT2D eigenvalue weighted by atomic mass is 9.89. The first-order valence-electron chi connectivity index (χ1n) is 10.6. The van der Waals surface area contributed by atoms with Gasteiger partial charge in [0.15, 0.2) is 0 Å². The summed E-state index contributed by atoms with van der Waals surface area (Å²) in [5, 5.41) is 0. The molecule has 0 spiro atoms. The second kappa shape index (κ2) is 7.53. The monoisotopic (exact) mass is 376 g/mol. The van der Waals surface area contributed by atoms with Gasteiger partial charge >= 0.3 is 0 Å². The summed E-state index contributed by atoms with van der Waals surface area (Å²) in [5.74, 6) is 2.87. The van der Waals surface area contributed by atoms with E-state index >= 15 is 0 Å². The predicted molar refractivity (Wildman–Crippen MR) is 109 cm³/mol. The zero-order chi connectivity index (χ0) is 18.9. The fraction of sp³-hybridized carbons (Fsp3) is 0.522. The van der Waals surface area contributed by atoms with E-state index in [1.807, 2.05) is 6.20 Å². The maximum absolute atomic E-state index is 13.3. The Labute approximate surface area is 166 Å². The van der Waals surface area contributed by atoms with Crippen molar-refractivity contribution in [1.29, 1.82) is 0 Å². The SMILES string of the molecule is O=C(CC1CCCC1)N1C[C@@H]2CN(c3cnccn3)C[C@@H]2[C@H]1c1ccccc1. The van der Waals surface area contributed by atoms with Crippen LogP contribution in [0, 0.1) is 17.8 Å². The predicted octanol–water partition coefficient (Wildman–Crippen LogP) is 3.69. The number of carbonyl (C=O) groups is 1. The Bertz CT molecular complexity index is 806. The molecular formula is C23H28N4O. The standard InChI is InChI=1S/C23H28N4O/c28-22(12-17-6-4-5-7-17)27-15-19-14-26(21-13-24-10-11-25-21)16-20(19)23(27)18-8-2-1-3-9-18/h1-3,8-11,13,17,19-20,23H,4-7,12,14-16H2/t19-,20-,23+/m0/s1. The van der Waals surface area contributed by atoms with Crippen molar-refractivity contribution in [2.24, 2.45) is 17.8 Å². The molecule has 0 N–H and O–H groups in total. The summed E-state index contributed by atoms with van der Waals surface area (Å²) >= 11 is 0. The van der Waals surface area contributed by atoms with E-state index in [-0.39, 0.29) is 6.04 Å². The summed E-state index contributed by atoms with van der Waals surface area (Å²) in [6, 6.07) is 10.8. The Morgan fingerprint density at radius 3 is 2.61 bits per heavy atom. The number of rotatable bonds is 4. The fourth-order valence-electron chi connectivity index (χ4n) is 5.60. The lowest BCUT2D eigenvalue weighted by Gasteiger charge is -2.31. The number of benzene rings is 1. The fourth-order valence-corrected chi connectivity index (χ4v) is 5.60. The minimum atomic E-state index is 0.182. The van der Waals surface area contributed by atoms with E-state index in [2.05, 4.69) is 50.1 Å². The average molecular weight is 377 g/mol. The van der Waals surface area contributed by atoms with Crippen LogP contribution in [0.5, 0.6) is 0 Å². The second-order valence-electron chi connectivity index (χ2n) is 8.65. The molecule has 1 amide bonds. The van der Waals surface area contributed by atoms with Crippen molar-refractivity contribution in [2.45, 2.75) is 38.1 Å². The van der Waals surface area contributed by atoms with Gasteiger partial charge in [0, 0.05) is 50.3 Å². The summed E-state index contributed by atoms with van der Waals surface area (Å²) in [7, 11) is 0. The highest BCUT2D eigenvalue weighted by Gasteiger charge is 2.49. The Hall–Kier alpha value is -2.43. The van der Waals surface area contributed by atoms with E-state index in [9.17, 15) is 4.79 Å². The van der Waals surface area contributed by atoms with Crippen molar-refractivity contribution in [3.8, 4) is 0 Å². The molecule has 1 aromatic heterocycles. The molecule has 28 heavy (non-hydrogen) atoms. The van der Waals surface area contributed by atoms with Gasteiger partial charge in [0.2, 0.25) is 5.91 Å². The summed E-state index contributed by atoms with van der Waals surface area (Å²) in [6.45, 7) is 2.77. The molecule has 2 aromatic rings. The van der Waals surface area contributed by atoms with Crippen LogP contribution < -0.4 is 4.90 Å². The van der Waals surface area contributed by atoms with Crippen LogP contribution in [0.4, 0.5) is 5.82 Å². The van der Waals surface area contributed by atoms with E-state index in [1.54, 1.807) is 12.4 Å². The van der Waals surface area contributed by atoms with Crippen LogP contribution in [-0.4, -0.2) is 40.4 Å². The number of carbonyl (C=O) groups excluding carboxylic acids is 1. The maximum Gasteiger partial charge on any atom is 0.223 e. The molecule has 1 aliphatic carbocycles. The van der Waals surface area contributed by atoms with Crippen molar-refractivity contribution < 1.29 is 4.79 Å². The number of hydrogen-bond acceptors (Lipinski definition) is 4. The van der Waals surface area contributed by atoms with Crippen LogP contribution in [0.2, 0.25) is 0 Å². The van der Waals surface area contributed by atoms with E-state index in [0.717, 1.165) is 31.9 Å². The number of hydrogen-bond donors (Lipinski definition) is 0. The van der Waals surface area contributed by atoms with Crippen molar-refractivity contribution in [3.63, 3.8) is 0 Å². The summed E-state index contributed by atoms with van der Waals surface area (Å²) in [4.78, 5) is 26.5. The molecule has 5 heteroatoms. The van der Waals surface area contributed by atoms with Crippen LogP contribution in [0.1, 0.15) is 43.7 Å². The molecule has 5 rings (SSSR count). The van der Waals surface area contributed by atoms with Crippen LogP contribution >= 0.6 is 0 Å². The maximum atomic E-state index is 13.3. The molecule has 0 bridgehead atoms. The summed E-state index contributed by atoms with van der Waals surface area (Å²) in [5.41, 5.74) is 1.27. The molecule has 2 saturated heterocycles.